The Morgan fingerprint density at radius 2 is 0.913 bits per heavy atom. The van der Waals surface area contributed by atoms with Gasteiger partial charge in [0.1, 0.15) is 0 Å². The summed E-state index contributed by atoms with van der Waals surface area (Å²) < 4.78 is 0. The maximum absolute atomic E-state index is 3.70. The van der Waals surface area contributed by atoms with Crippen molar-refractivity contribution in [3.63, 3.8) is 0 Å². The van der Waals surface area contributed by atoms with Crippen molar-refractivity contribution in [3.8, 4) is 0 Å². The Balaban J connectivity index is 0.000000101. The van der Waals surface area contributed by atoms with Crippen molar-refractivity contribution in [2.24, 2.45) is 85.8 Å². The van der Waals surface area contributed by atoms with Gasteiger partial charge in [-0.15, -0.1) is 0 Å². The lowest BCUT2D eigenvalue weighted by atomic mass is 9.60. The van der Waals surface area contributed by atoms with Gasteiger partial charge in [0, 0.05) is 43.8 Å². The smallest absolute Gasteiger partial charge is 0.0124 e. The van der Waals surface area contributed by atoms with Gasteiger partial charge in [-0.2, -0.15) is 0 Å². The molecule has 69 heavy (non-hydrogen) atoms. The Morgan fingerprint density at radius 1 is 0.348 bits per heavy atom. The van der Waals surface area contributed by atoms with E-state index in [1.165, 1.54) is 200 Å². The largest absolute Gasteiger partial charge is 0.316 e. The highest BCUT2D eigenvalue weighted by molar-refractivity contribution is 5.08. The van der Waals surface area contributed by atoms with Gasteiger partial charge in [0.15, 0.2) is 0 Å². The van der Waals surface area contributed by atoms with Crippen LogP contribution >= 0.6 is 0 Å². The zero-order valence-electron chi connectivity index (χ0n) is 47.0. The van der Waals surface area contributed by atoms with Gasteiger partial charge < -0.3 is 37.2 Å². The lowest BCUT2D eigenvalue weighted by Crippen LogP contribution is -2.49. The molecule has 8 saturated carbocycles. The van der Waals surface area contributed by atoms with Gasteiger partial charge in [0.05, 0.1) is 0 Å². The minimum Gasteiger partial charge on any atom is -0.316 e. The van der Waals surface area contributed by atoms with Crippen molar-refractivity contribution in [1.82, 2.24) is 37.2 Å². The fraction of sp³-hybridized carbons (Fsp3) is 1.00. The van der Waals surface area contributed by atoms with Crippen molar-refractivity contribution >= 4 is 0 Å². The van der Waals surface area contributed by atoms with Crippen molar-refractivity contribution in [2.45, 2.75) is 241 Å². The van der Waals surface area contributed by atoms with Crippen LogP contribution in [0.4, 0.5) is 0 Å². The summed E-state index contributed by atoms with van der Waals surface area (Å²) in [6.07, 6.45) is 35.3. The first kappa shape index (κ1) is 53.5. The topological polar surface area (TPSA) is 84.2 Å². The van der Waals surface area contributed by atoms with Crippen LogP contribution in [0.3, 0.4) is 0 Å². The van der Waals surface area contributed by atoms with E-state index in [1.54, 1.807) is 19.3 Å². The van der Waals surface area contributed by atoms with Gasteiger partial charge in [-0.1, -0.05) is 75.2 Å². The van der Waals surface area contributed by atoms with Gasteiger partial charge in [-0.25, -0.2) is 0 Å². The molecule has 398 valence electrons. The van der Waals surface area contributed by atoms with Crippen LogP contribution in [0.1, 0.15) is 216 Å². The van der Waals surface area contributed by atoms with E-state index in [9.17, 15) is 0 Å². The second kappa shape index (κ2) is 22.5. The highest BCUT2D eigenvalue weighted by Gasteiger charge is 2.54. The van der Waals surface area contributed by atoms with Crippen molar-refractivity contribution < 1.29 is 0 Å². The molecule has 0 aromatic heterocycles. The van der Waals surface area contributed by atoms with Crippen molar-refractivity contribution in [3.05, 3.63) is 0 Å². The Hall–Kier alpha value is -0.280. The minimum atomic E-state index is 0.533. The molecule has 7 N–H and O–H groups in total. The predicted octanol–water partition coefficient (Wildman–Crippen LogP) is 11.7. The van der Waals surface area contributed by atoms with E-state index in [1.807, 2.05) is 0 Å². The maximum atomic E-state index is 3.70. The van der Waals surface area contributed by atoms with Gasteiger partial charge in [0.25, 0.3) is 0 Å². The molecular formula is C62H115N7. The monoisotopic (exact) mass is 958 g/mol. The van der Waals surface area contributed by atoms with Crippen LogP contribution in [0, 0.1) is 85.8 Å². The molecule has 0 aromatic carbocycles. The fourth-order valence-electron chi connectivity index (χ4n) is 18.8. The maximum Gasteiger partial charge on any atom is 0.0124 e. The first-order valence-corrected chi connectivity index (χ1v) is 30.9. The molecule has 7 nitrogen and oxygen atoms in total. The van der Waals surface area contributed by atoms with E-state index in [2.05, 4.69) is 99.5 Å². The normalized spacial score (nSPS) is 47.5. The van der Waals surface area contributed by atoms with E-state index >= 15 is 0 Å². The average Bonchev–Trinajstić information content (AvgIpc) is 3.68. The van der Waals surface area contributed by atoms with Crippen LogP contribution < -0.4 is 37.2 Å². The summed E-state index contributed by atoms with van der Waals surface area (Å²) in [4.78, 5) is 0. The molecule has 17 rings (SSSR count). The first-order valence-electron chi connectivity index (χ1n) is 30.9. The molecule has 12 unspecified atom stereocenters. The van der Waals surface area contributed by atoms with E-state index in [4.69, 9.17) is 0 Å². The molecule has 9 aliphatic heterocycles. The molecule has 8 aliphatic carbocycles. The molecular weight excluding hydrogens is 843 g/mol. The average molecular weight is 959 g/mol. The Labute approximate surface area is 427 Å². The number of rotatable bonds is 0. The van der Waals surface area contributed by atoms with Crippen molar-refractivity contribution in [1.29, 1.82) is 0 Å². The van der Waals surface area contributed by atoms with Crippen molar-refractivity contribution in [2.75, 3.05) is 65.4 Å². The zero-order valence-corrected chi connectivity index (χ0v) is 47.0. The summed E-state index contributed by atoms with van der Waals surface area (Å²) in [5.41, 5.74) is 3.48. The van der Waals surface area contributed by atoms with Gasteiger partial charge in [-0.05, 0) is 273 Å². The van der Waals surface area contributed by atoms with E-state index in [0.717, 1.165) is 77.4 Å². The lowest BCUT2D eigenvalue weighted by molar-refractivity contribution is 0.0546. The number of hydrogen-bond acceptors (Lipinski definition) is 7. The number of piperidine rings is 2. The molecule has 9 heterocycles. The molecule has 12 atom stereocenters. The second-order valence-corrected chi connectivity index (χ2v) is 30.7. The predicted molar refractivity (Wildman–Crippen MR) is 294 cm³/mol. The highest BCUT2D eigenvalue weighted by Crippen LogP contribution is 2.57. The van der Waals surface area contributed by atoms with Gasteiger partial charge in [0.2, 0.25) is 0 Å². The Kier molecular flexibility index (Phi) is 17.5. The number of nitrogens with one attached hydrogen (secondary N) is 7. The number of fused-ring (bicyclic) bond motifs is 15. The summed E-state index contributed by atoms with van der Waals surface area (Å²) in [5, 5.41) is 25.0. The van der Waals surface area contributed by atoms with Crippen LogP contribution in [0.25, 0.3) is 0 Å². The lowest BCUT2D eigenvalue weighted by Gasteiger charge is -2.46. The molecule has 0 spiro atoms. The highest BCUT2D eigenvalue weighted by atomic mass is 15.0. The molecule has 0 radical (unpaired) electrons. The Morgan fingerprint density at radius 3 is 1.49 bits per heavy atom. The summed E-state index contributed by atoms with van der Waals surface area (Å²) >= 11 is 0. The second-order valence-electron chi connectivity index (χ2n) is 30.7. The summed E-state index contributed by atoms with van der Waals surface area (Å²) in [5.74, 6) is 9.40. The summed E-state index contributed by atoms with van der Waals surface area (Å²) in [6.45, 7) is 34.7. The molecule has 17 fully saturated rings. The van der Waals surface area contributed by atoms with Gasteiger partial charge >= 0.3 is 0 Å². The van der Waals surface area contributed by atoms with E-state index in [0.29, 0.717) is 32.5 Å². The van der Waals surface area contributed by atoms with E-state index < -0.39 is 0 Å². The van der Waals surface area contributed by atoms with E-state index in [-0.39, 0.29) is 0 Å². The standard InChI is InChI=1S/C10H17N.3C10H19N.C8H15N.2C7H13N/c1-7-2-9-3-8(1)5-10(4-7)11-6-9;1-9(2)4-8-5-10(3,6-9)7-11-8;1-9(2)8-4-5-10(9,3)7-11-6-8;1-9(2)8-5-4-6-10(9,3)7-11-8;1-2-8-4-3-7(1)5-9-6-8;1-2-7-3-6(1)4-8-5-7;1-2-6-4-7(3-1)8-5-6/h7-11H,1-6H2;3*8,11H,4-7H2,1-3H3;7-9H,1-6H2;2*6-8H,1-5H2. The van der Waals surface area contributed by atoms with Crippen LogP contribution in [0.15, 0.2) is 0 Å². The molecule has 9 saturated heterocycles. The molecule has 17 aliphatic rings. The van der Waals surface area contributed by atoms with Crippen LogP contribution in [0.5, 0.6) is 0 Å². The quantitative estimate of drug-likeness (QED) is 0.130. The molecule has 0 aromatic rings. The SMILES string of the molecule is C1CC2CCC1CNC2.C1CC2CNC(C1)C2.C1CC2CNCC1C2.C1NC2CC3CC1CC(C3)C2.CC1(C)CC2CC(C)(CN2)C1.CC12CCC(CNC1)C2(C)C.CC12CCCC(NC1)C2(C)C. The fourth-order valence-corrected chi connectivity index (χ4v) is 18.8. The molecule has 0 amide bonds. The summed E-state index contributed by atoms with van der Waals surface area (Å²) in [6, 6.07) is 3.44. The molecule has 7 heteroatoms. The Bertz CT molecular complexity index is 1450. The third-order valence-corrected chi connectivity index (χ3v) is 23.9. The molecule has 16 bridgehead atoms. The van der Waals surface area contributed by atoms with Crippen LogP contribution in [-0.2, 0) is 0 Å². The zero-order chi connectivity index (χ0) is 48.5. The summed E-state index contributed by atoms with van der Waals surface area (Å²) in [7, 11) is 0. The third kappa shape index (κ3) is 13.2. The minimum absolute atomic E-state index is 0.533. The first-order chi connectivity index (χ1) is 32.9. The van der Waals surface area contributed by atoms with Crippen LogP contribution in [0.2, 0.25) is 0 Å². The van der Waals surface area contributed by atoms with Crippen LogP contribution in [-0.4, -0.2) is 89.6 Å². The number of hydrogen-bond donors (Lipinski definition) is 7. The third-order valence-electron chi connectivity index (χ3n) is 23.9. The van der Waals surface area contributed by atoms with Gasteiger partial charge in [-0.3, -0.25) is 0 Å².